The van der Waals surface area contributed by atoms with Crippen molar-refractivity contribution in [2.24, 2.45) is 0 Å². The standard InChI is InChI=1S/C10H18O3/c1-8(11)4-2-5-9-6-3-7-10(12)13-9/h9-10,12H,2-7H2,1H3. The Morgan fingerprint density at radius 3 is 2.92 bits per heavy atom. The van der Waals surface area contributed by atoms with E-state index >= 15 is 0 Å². The molecule has 2 unspecified atom stereocenters. The van der Waals surface area contributed by atoms with Gasteiger partial charge in [0.15, 0.2) is 6.29 Å². The second-order valence-electron chi connectivity index (χ2n) is 3.74. The highest BCUT2D eigenvalue weighted by atomic mass is 16.6. The van der Waals surface area contributed by atoms with Gasteiger partial charge >= 0.3 is 0 Å². The quantitative estimate of drug-likeness (QED) is 0.726. The van der Waals surface area contributed by atoms with Crippen LogP contribution in [0.2, 0.25) is 0 Å². The van der Waals surface area contributed by atoms with Gasteiger partial charge in [-0.1, -0.05) is 0 Å². The van der Waals surface area contributed by atoms with Crippen LogP contribution < -0.4 is 0 Å². The highest BCUT2D eigenvalue weighted by Gasteiger charge is 2.19. The van der Waals surface area contributed by atoms with Crippen LogP contribution in [0.4, 0.5) is 0 Å². The van der Waals surface area contributed by atoms with Gasteiger partial charge in [-0.15, -0.1) is 0 Å². The summed E-state index contributed by atoms with van der Waals surface area (Å²) >= 11 is 0. The van der Waals surface area contributed by atoms with Crippen molar-refractivity contribution < 1.29 is 14.6 Å². The summed E-state index contributed by atoms with van der Waals surface area (Å²) in [5, 5.41) is 9.20. The summed E-state index contributed by atoms with van der Waals surface area (Å²) in [4.78, 5) is 10.7. The zero-order chi connectivity index (χ0) is 9.68. The molecule has 0 aromatic rings. The Balaban J connectivity index is 2.10. The van der Waals surface area contributed by atoms with Gasteiger partial charge in [0, 0.05) is 6.42 Å². The van der Waals surface area contributed by atoms with E-state index in [1.54, 1.807) is 6.92 Å². The molecular formula is C10H18O3. The maximum atomic E-state index is 10.7. The first-order valence-corrected chi connectivity index (χ1v) is 5.01. The first-order chi connectivity index (χ1) is 6.18. The summed E-state index contributed by atoms with van der Waals surface area (Å²) in [7, 11) is 0. The van der Waals surface area contributed by atoms with Crippen molar-refractivity contribution in [1.29, 1.82) is 0 Å². The molecule has 1 N–H and O–H groups in total. The molecule has 1 aliphatic heterocycles. The fraction of sp³-hybridized carbons (Fsp3) is 0.900. The summed E-state index contributed by atoms with van der Waals surface area (Å²) < 4.78 is 5.31. The first kappa shape index (κ1) is 10.7. The average Bonchev–Trinajstić information content (AvgIpc) is 2.03. The summed E-state index contributed by atoms with van der Waals surface area (Å²) in [6, 6.07) is 0. The van der Waals surface area contributed by atoms with Crippen molar-refractivity contribution in [3.63, 3.8) is 0 Å². The van der Waals surface area contributed by atoms with Crippen molar-refractivity contribution in [3.8, 4) is 0 Å². The third-order valence-electron chi connectivity index (χ3n) is 2.38. The topological polar surface area (TPSA) is 46.5 Å². The number of carbonyl (C=O) groups excluding carboxylic acids is 1. The zero-order valence-electron chi connectivity index (χ0n) is 8.16. The van der Waals surface area contributed by atoms with Crippen LogP contribution in [0.15, 0.2) is 0 Å². The fourth-order valence-corrected chi connectivity index (χ4v) is 1.67. The molecule has 0 saturated carbocycles. The Morgan fingerprint density at radius 1 is 1.54 bits per heavy atom. The van der Waals surface area contributed by atoms with Gasteiger partial charge in [-0.3, -0.25) is 0 Å². The lowest BCUT2D eigenvalue weighted by molar-refractivity contribution is -0.164. The van der Waals surface area contributed by atoms with Crippen LogP contribution in [0, 0.1) is 0 Å². The predicted molar refractivity (Wildman–Crippen MR) is 49.3 cm³/mol. The van der Waals surface area contributed by atoms with Crippen LogP contribution in [0.3, 0.4) is 0 Å². The number of ether oxygens (including phenoxy) is 1. The number of hydrogen-bond donors (Lipinski definition) is 1. The van der Waals surface area contributed by atoms with E-state index in [0.29, 0.717) is 6.42 Å². The zero-order valence-corrected chi connectivity index (χ0v) is 8.16. The highest BCUT2D eigenvalue weighted by Crippen LogP contribution is 2.21. The largest absolute Gasteiger partial charge is 0.368 e. The van der Waals surface area contributed by atoms with E-state index in [2.05, 4.69) is 0 Å². The van der Waals surface area contributed by atoms with Gasteiger partial charge in [-0.05, 0) is 39.0 Å². The Bertz CT molecular complexity index is 168. The molecule has 3 nitrogen and oxygen atoms in total. The maximum Gasteiger partial charge on any atom is 0.154 e. The molecular weight excluding hydrogens is 168 g/mol. The highest BCUT2D eigenvalue weighted by molar-refractivity contribution is 5.75. The van der Waals surface area contributed by atoms with Gasteiger partial charge in [0.25, 0.3) is 0 Å². The Kier molecular flexibility index (Phi) is 4.39. The first-order valence-electron chi connectivity index (χ1n) is 5.01. The van der Waals surface area contributed by atoms with Crippen LogP contribution in [0.25, 0.3) is 0 Å². The number of ketones is 1. The van der Waals surface area contributed by atoms with Crippen molar-refractivity contribution in [1.82, 2.24) is 0 Å². The summed E-state index contributed by atoms with van der Waals surface area (Å²) in [6.07, 6.45) is 4.82. The number of Topliss-reactive ketones (excluding diaryl/α,β-unsaturated/α-hetero) is 1. The molecule has 1 fully saturated rings. The van der Waals surface area contributed by atoms with E-state index in [-0.39, 0.29) is 11.9 Å². The van der Waals surface area contributed by atoms with Crippen molar-refractivity contribution in [3.05, 3.63) is 0 Å². The molecule has 0 aliphatic carbocycles. The van der Waals surface area contributed by atoms with E-state index in [9.17, 15) is 9.90 Å². The Hall–Kier alpha value is -0.410. The van der Waals surface area contributed by atoms with Crippen LogP contribution in [-0.4, -0.2) is 23.3 Å². The van der Waals surface area contributed by atoms with Crippen molar-refractivity contribution in [2.45, 2.75) is 57.8 Å². The second kappa shape index (κ2) is 5.35. The molecule has 2 atom stereocenters. The van der Waals surface area contributed by atoms with Crippen LogP contribution in [0.1, 0.15) is 45.4 Å². The lowest BCUT2D eigenvalue weighted by Crippen LogP contribution is -2.27. The van der Waals surface area contributed by atoms with Gasteiger partial charge in [-0.2, -0.15) is 0 Å². The number of carbonyl (C=O) groups is 1. The normalized spacial score (nSPS) is 28.8. The van der Waals surface area contributed by atoms with E-state index in [0.717, 1.165) is 32.1 Å². The van der Waals surface area contributed by atoms with Gasteiger partial charge in [-0.25, -0.2) is 0 Å². The molecule has 0 spiro atoms. The third kappa shape index (κ3) is 4.39. The molecule has 1 rings (SSSR count). The maximum absolute atomic E-state index is 10.7. The minimum absolute atomic E-state index is 0.170. The van der Waals surface area contributed by atoms with Gasteiger partial charge in [0.1, 0.15) is 5.78 Å². The lowest BCUT2D eigenvalue weighted by atomic mass is 10.0. The molecule has 0 amide bonds. The average molecular weight is 186 g/mol. The number of rotatable bonds is 4. The van der Waals surface area contributed by atoms with Gasteiger partial charge in [0.05, 0.1) is 6.10 Å². The predicted octanol–water partition coefficient (Wildman–Crippen LogP) is 1.63. The molecule has 0 bridgehead atoms. The molecule has 0 aromatic carbocycles. The van der Waals surface area contributed by atoms with Crippen molar-refractivity contribution >= 4 is 5.78 Å². The van der Waals surface area contributed by atoms with E-state index in [1.807, 2.05) is 0 Å². The van der Waals surface area contributed by atoms with Gasteiger partial charge in [0.2, 0.25) is 0 Å². The monoisotopic (exact) mass is 186 g/mol. The second-order valence-corrected chi connectivity index (χ2v) is 3.74. The fourth-order valence-electron chi connectivity index (χ4n) is 1.67. The number of hydrogen-bond acceptors (Lipinski definition) is 3. The van der Waals surface area contributed by atoms with Crippen molar-refractivity contribution in [2.75, 3.05) is 0 Å². The molecule has 76 valence electrons. The molecule has 0 radical (unpaired) electrons. The lowest BCUT2D eigenvalue weighted by Gasteiger charge is -2.26. The molecule has 1 saturated heterocycles. The number of aliphatic hydroxyl groups is 1. The molecule has 3 heteroatoms. The minimum atomic E-state index is -0.573. The third-order valence-corrected chi connectivity index (χ3v) is 2.38. The number of aliphatic hydroxyl groups excluding tert-OH is 1. The molecule has 0 aromatic heterocycles. The van der Waals surface area contributed by atoms with Crippen LogP contribution in [-0.2, 0) is 9.53 Å². The SMILES string of the molecule is CC(=O)CCCC1CCCC(O)O1. The Morgan fingerprint density at radius 2 is 2.31 bits per heavy atom. The van der Waals surface area contributed by atoms with Crippen LogP contribution in [0.5, 0.6) is 0 Å². The summed E-state index contributed by atoms with van der Waals surface area (Å²) in [5.41, 5.74) is 0. The van der Waals surface area contributed by atoms with E-state index in [1.165, 1.54) is 0 Å². The molecule has 1 aliphatic rings. The summed E-state index contributed by atoms with van der Waals surface area (Å²) in [6.45, 7) is 1.61. The molecule has 1 heterocycles. The van der Waals surface area contributed by atoms with E-state index in [4.69, 9.17) is 4.74 Å². The smallest absolute Gasteiger partial charge is 0.154 e. The van der Waals surface area contributed by atoms with E-state index < -0.39 is 6.29 Å². The summed E-state index contributed by atoms with van der Waals surface area (Å²) in [5.74, 6) is 0.233. The van der Waals surface area contributed by atoms with Crippen LogP contribution >= 0.6 is 0 Å². The Labute approximate surface area is 79.1 Å². The molecule has 13 heavy (non-hydrogen) atoms. The van der Waals surface area contributed by atoms with Gasteiger partial charge < -0.3 is 14.6 Å². The minimum Gasteiger partial charge on any atom is -0.368 e.